The summed E-state index contributed by atoms with van der Waals surface area (Å²) in [4.78, 5) is 4.62. The summed E-state index contributed by atoms with van der Waals surface area (Å²) in [5, 5.41) is 9.55. The highest BCUT2D eigenvalue weighted by molar-refractivity contribution is 5.48. The van der Waals surface area contributed by atoms with E-state index < -0.39 is 6.10 Å². The number of hydrogen-bond donors (Lipinski definition) is 1. The molecule has 0 aliphatic heterocycles. The molecule has 0 radical (unpaired) electrons. The normalized spacial score (nSPS) is 13.1. The van der Waals surface area contributed by atoms with Crippen LogP contribution in [0.25, 0.3) is 0 Å². The third-order valence-corrected chi connectivity index (χ3v) is 3.14. The zero-order valence-corrected chi connectivity index (χ0v) is 12.9. The van der Waals surface area contributed by atoms with E-state index in [0.29, 0.717) is 5.92 Å². The summed E-state index contributed by atoms with van der Waals surface area (Å²) < 4.78 is 0. The monoisotopic (exact) mass is 264 g/mol. The molecule has 1 atom stereocenters. The molecule has 0 heterocycles. The Morgan fingerprint density at radius 2 is 1.58 bits per heavy atom. The van der Waals surface area contributed by atoms with Crippen LogP contribution in [0.5, 0.6) is 0 Å². The predicted molar refractivity (Wildman–Crippen MR) is 82.7 cm³/mol. The topological polar surface area (TPSA) is 26.7 Å². The number of aliphatic hydroxyl groups excluding tert-OH is 1. The van der Waals surface area contributed by atoms with Crippen molar-refractivity contribution in [2.45, 2.75) is 26.9 Å². The van der Waals surface area contributed by atoms with Crippen molar-refractivity contribution in [3.63, 3.8) is 0 Å². The van der Waals surface area contributed by atoms with E-state index in [1.54, 1.807) is 6.92 Å². The quantitative estimate of drug-likeness (QED) is 0.820. The van der Waals surface area contributed by atoms with Gasteiger partial charge in [-0.2, -0.15) is 0 Å². The van der Waals surface area contributed by atoms with E-state index in [4.69, 9.17) is 0 Å². The Labute approximate surface area is 117 Å². The lowest BCUT2D eigenvalue weighted by atomic mass is 10.1. The van der Waals surface area contributed by atoms with Gasteiger partial charge in [-0.15, -0.1) is 0 Å². The molecule has 3 nitrogen and oxygen atoms in total. The Bertz CT molecular complexity index is 358. The summed E-state index contributed by atoms with van der Waals surface area (Å²) in [7, 11) is 4.20. The van der Waals surface area contributed by atoms with Crippen LogP contribution in [-0.2, 0) is 0 Å². The third-order valence-electron chi connectivity index (χ3n) is 3.14. The Kier molecular flexibility index (Phi) is 6.32. The molecule has 0 saturated carbocycles. The van der Waals surface area contributed by atoms with E-state index in [-0.39, 0.29) is 0 Å². The predicted octanol–water partition coefficient (Wildman–Crippen LogP) is 2.76. The van der Waals surface area contributed by atoms with Crippen LogP contribution in [-0.4, -0.2) is 43.7 Å². The molecule has 0 aliphatic carbocycles. The van der Waals surface area contributed by atoms with Gasteiger partial charge >= 0.3 is 0 Å². The van der Waals surface area contributed by atoms with Gasteiger partial charge in [0.1, 0.15) is 0 Å². The highest BCUT2D eigenvalue weighted by atomic mass is 16.3. The molecule has 0 saturated heterocycles. The number of likely N-dealkylation sites (N-methyl/N-ethyl adjacent to an activating group) is 1. The molecule has 0 aromatic heterocycles. The molecule has 0 fully saturated rings. The van der Waals surface area contributed by atoms with Crippen LogP contribution in [0.3, 0.4) is 0 Å². The zero-order valence-electron chi connectivity index (χ0n) is 12.9. The van der Waals surface area contributed by atoms with Crippen LogP contribution in [0.15, 0.2) is 24.3 Å². The minimum atomic E-state index is -0.394. The van der Waals surface area contributed by atoms with Gasteiger partial charge in [0.15, 0.2) is 0 Å². The first-order valence-corrected chi connectivity index (χ1v) is 7.08. The molecular weight excluding hydrogens is 236 g/mol. The van der Waals surface area contributed by atoms with Crippen molar-refractivity contribution in [2.75, 3.05) is 38.6 Å². The molecular formula is C16H28N2O. The van der Waals surface area contributed by atoms with Gasteiger partial charge in [-0.05, 0) is 44.6 Å². The summed E-state index contributed by atoms with van der Waals surface area (Å²) in [6.45, 7) is 9.42. The second-order valence-electron chi connectivity index (χ2n) is 5.91. The van der Waals surface area contributed by atoms with Gasteiger partial charge in [0.05, 0.1) is 6.10 Å². The van der Waals surface area contributed by atoms with Gasteiger partial charge in [0.25, 0.3) is 0 Å². The average Bonchev–Trinajstić information content (AvgIpc) is 2.34. The van der Waals surface area contributed by atoms with Gasteiger partial charge in [-0.25, -0.2) is 0 Å². The number of hydrogen-bond acceptors (Lipinski definition) is 3. The van der Waals surface area contributed by atoms with Crippen LogP contribution in [0.1, 0.15) is 32.4 Å². The van der Waals surface area contributed by atoms with Gasteiger partial charge in [-0.1, -0.05) is 26.0 Å². The minimum Gasteiger partial charge on any atom is -0.389 e. The molecule has 0 spiro atoms. The molecule has 0 unspecified atom stereocenters. The fourth-order valence-corrected chi connectivity index (χ4v) is 2.05. The summed E-state index contributed by atoms with van der Waals surface area (Å²) in [5.41, 5.74) is 2.21. The zero-order chi connectivity index (χ0) is 14.4. The lowest BCUT2D eigenvalue weighted by Gasteiger charge is -2.28. The number of nitrogens with zero attached hydrogens (tertiary/aromatic N) is 2. The van der Waals surface area contributed by atoms with Gasteiger partial charge in [0, 0.05) is 25.3 Å². The van der Waals surface area contributed by atoms with Crippen molar-refractivity contribution in [3.05, 3.63) is 29.8 Å². The summed E-state index contributed by atoms with van der Waals surface area (Å²) in [6, 6.07) is 8.26. The fraction of sp³-hybridized carbons (Fsp3) is 0.625. The first-order chi connectivity index (χ1) is 8.90. The van der Waals surface area contributed by atoms with E-state index in [1.165, 1.54) is 5.69 Å². The maximum absolute atomic E-state index is 9.55. The van der Waals surface area contributed by atoms with Gasteiger partial charge in [0.2, 0.25) is 0 Å². The molecule has 0 aliphatic rings. The molecule has 3 heteroatoms. The third kappa shape index (κ3) is 5.62. The largest absolute Gasteiger partial charge is 0.389 e. The number of aliphatic hydroxyl groups is 1. The van der Waals surface area contributed by atoms with Crippen LogP contribution < -0.4 is 4.90 Å². The van der Waals surface area contributed by atoms with Crippen molar-refractivity contribution in [2.24, 2.45) is 5.92 Å². The smallest absolute Gasteiger partial charge is 0.0761 e. The van der Waals surface area contributed by atoms with Crippen LogP contribution >= 0.6 is 0 Å². The molecule has 0 bridgehead atoms. The average molecular weight is 264 g/mol. The van der Waals surface area contributed by atoms with Crippen molar-refractivity contribution < 1.29 is 5.11 Å². The van der Waals surface area contributed by atoms with Crippen molar-refractivity contribution in [1.29, 1.82) is 0 Å². The first kappa shape index (κ1) is 16.0. The SMILES string of the molecule is CC(C)CN(CCN(C)C)c1ccc([C@@H](C)O)cc1. The van der Waals surface area contributed by atoms with Crippen LogP contribution in [0.4, 0.5) is 5.69 Å². The van der Waals surface area contributed by atoms with Crippen molar-refractivity contribution in [1.82, 2.24) is 4.90 Å². The Morgan fingerprint density at radius 3 is 2.00 bits per heavy atom. The van der Waals surface area contributed by atoms with Gasteiger partial charge in [-0.3, -0.25) is 0 Å². The Balaban J connectivity index is 2.77. The van der Waals surface area contributed by atoms with E-state index in [0.717, 1.165) is 25.2 Å². The Morgan fingerprint density at radius 1 is 1.00 bits per heavy atom. The lowest BCUT2D eigenvalue weighted by Crippen LogP contribution is -2.34. The number of anilines is 1. The standard InChI is InChI=1S/C16H28N2O/c1-13(2)12-18(11-10-17(4)5)16-8-6-15(7-9-16)14(3)19/h6-9,13-14,19H,10-12H2,1-5H3/t14-/m1/s1. The summed E-state index contributed by atoms with van der Waals surface area (Å²) in [6.07, 6.45) is -0.394. The molecule has 1 aromatic carbocycles. The second kappa shape index (κ2) is 7.51. The van der Waals surface area contributed by atoms with E-state index >= 15 is 0 Å². The Hall–Kier alpha value is -1.06. The van der Waals surface area contributed by atoms with E-state index in [2.05, 4.69) is 49.9 Å². The second-order valence-corrected chi connectivity index (χ2v) is 5.91. The summed E-state index contributed by atoms with van der Waals surface area (Å²) in [5.74, 6) is 0.638. The van der Waals surface area contributed by atoms with Crippen molar-refractivity contribution in [3.8, 4) is 0 Å². The van der Waals surface area contributed by atoms with Crippen molar-refractivity contribution >= 4 is 5.69 Å². The number of benzene rings is 1. The molecule has 1 rings (SSSR count). The highest BCUT2D eigenvalue weighted by Crippen LogP contribution is 2.20. The highest BCUT2D eigenvalue weighted by Gasteiger charge is 2.09. The van der Waals surface area contributed by atoms with Gasteiger partial charge < -0.3 is 14.9 Å². The van der Waals surface area contributed by atoms with Crippen LogP contribution in [0.2, 0.25) is 0 Å². The molecule has 0 amide bonds. The molecule has 19 heavy (non-hydrogen) atoms. The maximum atomic E-state index is 9.55. The number of rotatable bonds is 7. The van der Waals surface area contributed by atoms with Crippen LogP contribution in [0, 0.1) is 5.92 Å². The van der Waals surface area contributed by atoms with E-state index in [9.17, 15) is 5.11 Å². The minimum absolute atomic E-state index is 0.394. The summed E-state index contributed by atoms with van der Waals surface area (Å²) >= 11 is 0. The first-order valence-electron chi connectivity index (χ1n) is 7.08. The molecule has 108 valence electrons. The lowest BCUT2D eigenvalue weighted by molar-refractivity contribution is 0.199. The van der Waals surface area contributed by atoms with E-state index in [1.807, 2.05) is 12.1 Å². The fourth-order valence-electron chi connectivity index (χ4n) is 2.05. The molecule has 1 N–H and O–H groups in total. The molecule has 1 aromatic rings. The maximum Gasteiger partial charge on any atom is 0.0761 e.